The van der Waals surface area contributed by atoms with E-state index < -0.39 is 30.2 Å². The number of benzene rings is 1. The molecule has 0 bridgehead atoms. The Morgan fingerprint density at radius 2 is 1.43 bits per heavy atom. The second-order valence-corrected chi connectivity index (χ2v) is 5.09. The maximum Gasteiger partial charge on any atom is 0.333 e. The highest BCUT2D eigenvalue weighted by atomic mass is 16.4. The molecule has 0 aromatic heterocycles. The van der Waals surface area contributed by atoms with Crippen molar-refractivity contribution in [3.8, 4) is 0 Å². The highest BCUT2D eigenvalue weighted by molar-refractivity contribution is 5.96. The zero-order valence-corrected chi connectivity index (χ0v) is 12.0. The molecular weight excluding hydrogens is 302 g/mol. The fraction of sp³-hybridized carbons (Fsp3) is 0.188. The smallest absolute Gasteiger partial charge is 0.333 e. The molecule has 0 spiro atoms. The quantitative estimate of drug-likeness (QED) is 0.728. The van der Waals surface area contributed by atoms with E-state index in [9.17, 15) is 24.6 Å². The van der Waals surface area contributed by atoms with E-state index in [0.29, 0.717) is 0 Å². The lowest BCUT2D eigenvalue weighted by molar-refractivity contribution is -0.138. The van der Waals surface area contributed by atoms with Crippen LogP contribution in [0.1, 0.15) is 12.0 Å². The molecule has 7 nitrogen and oxygen atoms in total. The Morgan fingerprint density at radius 3 is 1.87 bits per heavy atom. The minimum Gasteiger partial charge on any atom is -0.481 e. The van der Waals surface area contributed by atoms with Gasteiger partial charge in [0.25, 0.3) is 0 Å². The molecule has 23 heavy (non-hydrogen) atoms. The lowest BCUT2D eigenvalue weighted by atomic mass is 9.86. The average molecular weight is 317 g/mol. The largest absolute Gasteiger partial charge is 0.481 e. The van der Waals surface area contributed by atoms with Gasteiger partial charge in [-0.1, -0.05) is 30.3 Å². The molecule has 3 N–H and O–H groups in total. The number of aliphatic carboxylic acids is 3. The number of hydrogen-bond donors (Lipinski definition) is 3. The number of carboxylic acids is 3. The highest BCUT2D eigenvalue weighted by Crippen LogP contribution is 2.30. The van der Waals surface area contributed by atoms with Gasteiger partial charge in [-0.15, -0.1) is 0 Å². The fourth-order valence-electron chi connectivity index (χ4n) is 2.43. The third-order valence-corrected chi connectivity index (χ3v) is 3.44. The number of rotatable bonds is 6. The monoisotopic (exact) mass is 317 g/mol. The zero-order valence-electron chi connectivity index (χ0n) is 12.0. The molecule has 1 aromatic rings. The van der Waals surface area contributed by atoms with Gasteiger partial charge < -0.3 is 20.2 Å². The molecule has 0 atom stereocenters. The molecule has 0 fully saturated rings. The van der Waals surface area contributed by atoms with Gasteiger partial charge in [-0.05, 0) is 5.56 Å². The number of carbonyl (C=O) groups is 3. The van der Waals surface area contributed by atoms with Gasteiger partial charge in [-0.2, -0.15) is 0 Å². The number of hydrogen-bond acceptors (Lipinski definition) is 4. The molecule has 1 aliphatic rings. The van der Waals surface area contributed by atoms with E-state index in [1.54, 1.807) is 0 Å². The van der Waals surface area contributed by atoms with Crippen molar-refractivity contribution in [2.75, 3.05) is 0 Å². The molecule has 0 saturated heterocycles. The van der Waals surface area contributed by atoms with Crippen LogP contribution < -0.4 is 0 Å². The second-order valence-electron chi connectivity index (χ2n) is 5.09. The fourth-order valence-corrected chi connectivity index (χ4v) is 2.43. The Morgan fingerprint density at radius 1 is 0.913 bits per heavy atom. The van der Waals surface area contributed by atoms with Gasteiger partial charge in [0, 0.05) is 24.9 Å². The first-order chi connectivity index (χ1) is 10.9. The van der Waals surface area contributed by atoms with Crippen LogP contribution in [-0.4, -0.2) is 38.1 Å². The third kappa shape index (κ3) is 3.97. The predicted octanol–water partition coefficient (Wildman–Crippen LogP) is 1.53. The molecule has 0 aliphatic carbocycles. The van der Waals surface area contributed by atoms with Gasteiger partial charge in [-0.3, -0.25) is 4.79 Å². The van der Waals surface area contributed by atoms with E-state index in [2.05, 4.69) is 0 Å². The zero-order chi connectivity index (χ0) is 17.0. The van der Waals surface area contributed by atoms with Gasteiger partial charge in [0.05, 0.1) is 17.6 Å². The highest BCUT2D eigenvalue weighted by Gasteiger charge is 2.34. The van der Waals surface area contributed by atoms with Crippen LogP contribution in [0.25, 0.3) is 0 Å². The van der Waals surface area contributed by atoms with Gasteiger partial charge in [0.2, 0.25) is 0 Å². The van der Waals surface area contributed by atoms with Crippen LogP contribution in [0.5, 0.6) is 0 Å². The van der Waals surface area contributed by atoms with Gasteiger partial charge >= 0.3 is 17.9 Å². The van der Waals surface area contributed by atoms with Crippen LogP contribution in [0.2, 0.25) is 0 Å². The van der Waals surface area contributed by atoms with Crippen LogP contribution >= 0.6 is 0 Å². The normalized spacial score (nSPS) is 14.9. The Bertz CT molecular complexity index is 660. The maximum absolute atomic E-state index is 11.4. The third-order valence-electron chi connectivity index (χ3n) is 3.44. The summed E-state index contributed by atoms with van der Waals surface area (Å²) in [5, 5.41) is 27.5. The lowest BCUT2D eigenvalue weighted by Crippen LogP contribution is -2.30. The van der Waals surface area contributed by atoms with E-state index in [0.717, 1.165) is 5.56 Å². The topological polar surface area (TPSA) is 115 Å². The van der Waals surface area contributed by atoms with Gasteiger partial charge in [0.15, 0.2) is 0 Å². The van der Waals surface area contributed by atoms with Crippen molar-refractivity contribution in [2.45, 2.75) is 13.0 Å². The molecule has 0 radical (unpaired) electrons. The molecule has 1 aliphatic heterocycles. The summed E-state index contributed by atoms with van der Waals surface area (Å²) in [6, 6.07) is 9.11. The summed E-state index contributed by atoms with van der Waals surface area (Å²) in [5.74, 6) is -5.11. The molecule has 0 amide bonds. The summed E-state index contributed by atoms with van der Waals surface area (Å²) in [4.78, 5) is 35.2. The summed E-state index contributed by atoms with van der Waals surface area (Å²) in [5.41, 5.74) is 0.373. The average Bonchev–Trinajstić information content (AvgIpc) is 2.48. The molecular formula is C16H15NO6. The summed E-state index contributed by atoms with van der Waals surface area (Å²) in [7, 11) is 0. The van der Waals surface area contributed by atoms with Gasteiger partial charge in [0.1, 0.15) is 0 Å². The van der Waals surface area contributed by atoms with Crippen LogP contribution in [0.4, 0.5) is 0 Å². The van der Waals surface area contributed by atoms with Crippen molar-refractivity contribution in [3.05, 3.63) is 59.4 Å². The van der Waals surface area contributed by atoms with Crippen molar-refractivity contribution in [1.29, 1.82) is 0 Å². The first kappa shape index (κ1) is 16.3. The van der Waals surface area contributed by atoms with Crippen molar-refractivity contribution in [3.63, 3.8) is 0 Å². The Kier molecular flexibility index (Phi) is 4.80. The van der Waals surface area contributed by atoms with Crippen LogP contribution in [0.3, 0.4) is 0 Å². The van der Waals surface area contributed by atoms with Gasteiger partial charge in [-0.25, -0.2) is 9.59 Å². The maximum atomic E-state index is 11.4. The summed E-state index contributed by atoms with van der Waals surface area (Å²) < 4.78 is 0. The minimum absolute atomic E-state index is 0.247. The molecule has 1 heterocycles. The second kappa shape index (κ2) is 6.78. The van der Waals surface area contributed by atoms with E-state index in [1.807, 2.05) is 30.3 Å². The first-order valence-corrected chi connectivity index (χ1v) is 6.80. The molecule has 0 unspecified atom stereocenters. The Balaban J connectivity index is 2.37. The summed E-state index contributed by atoms with van der Waals surface area (Å²) >= 11 is 0. The predicted molar refractivity (Wildman–Crippen MR) is 79.2 cm³/mol. The number of nitrogens with zero attached hydrogens (tertiary/aromatic N) is 1. The molecule has 1 aromatic carbocycles. The standard InChI is InChI=1S/C16H15NO6/c18-14(19)6-11-12(15(20)21)8-17(9-13(11)16(22)23)7-10-4-2-1-3-5-10/h1-5,8-9,11H,6-7H2,(H,18,19)(H,20,21)(H,22,23). The molecule has 7 heteroatoms. The molecule has 120 valence electrons. The molecule has 2 rings (SSSR count). The van der Waals surface area contributed by atoms with Crippen molar-refractivity contribution in [1.82, 2.24) is 4.90 Å². The van der Waals surface area contributed by atoms with E-state index >= 15 is 0 Å². The molecule has 0 saturated carbocycles. The first-order valence-electron chi connectivity index (χ1n) is 6.80. The van der Waals surface area contributed by atoms with E-state index in [-0.39, 0.29) is 17.7 Å². The van der Waals surface area contributed by atoms with Crippen LogP contribution in [0, 0.1) is 5.92 Å². The van der Waals surface area contributed by atoms with Crippen LogP contribution in [0.15, 0.2) is 53.9 Å². The lowest BCUT2D eigenvalue weighted by Gasteiger charge is -2.27. The Labute approximate surface area is 131 Å². The number of carboxylic acid groups (broad SMARTS) is 3. The van der Waals surface area contributed by atoms with Crippen LogP contribution in [-0.2, 0) is 20.9 Å². The summed E-state index contributed by atoms with van der Waals surface area (Å²) in [6.45, 7) is 0.286. The summed E-state index contributed by atoms with van der Waals surface area (Å²) in [6.07, 6.45) is 1.99. The van der Waals surface area contributed by atoms with E-state index in [4.69, 9.17) is 5.11 Å². The van der Waals surface area contributed by atoms with E-state index in [1.165, 1.54) is 17.3 Å². The van der Waals surface area contributed by atoms with Crippen molar-refractivity contribution < 1.29 is 29.7 Å². The SMILES string of the molecule is O=C(O)CC1C(C(=O)O)=CN(Cc2ccccc2)C=C1C(=O)O. The van der Waals surface area contributed by atoms with Crippen molar-refractivity contribution >= 4 is 17.9 Å². The van der Waals surface area contributed by atoms with Crippen molar-refractivity contribution in [2.24, 2.45) is 5.92 Å². The minimum atomic E-state index is -1.33. The Hall–Kier alpha value is -3.09.